The fourth-order valence-corrected chi connectivity index (χ4v) is 1.89. The van der Waals surface area contributed by atoms with E-state index < -0.39 is 0 Å². The molecule has 2 unspecified atom stereocenters. The quantitative estimate of drug-likeness (QED) is 0.805. The average Bonchev–Trinajstić information content (AvgIpc) is 2.29. The van der Waals surface area contributed by atoms with Gasteiger partial charge in [-0.25, -0.2) is 0 Å². The van der Waals surface area contributed by atoms with Gasteiger partial charge in [0.25, 0.3) is 0 Å². The summed E-state index contributed by atoms with van der Waals surface area (Å²) in [6.07, 6.45) is 0.897. The van der Waals surface area contributed by atoms with E-state index >= 15 is 0 Å². The van der Waals surface area contributed by atoms with Gasteiger partial charge in [0.15, 0.2) is 0 Å². The van der Waals surface area contributed by atoms with E-state index in [0.29, 0.717) is 5.92 Å². The van der Waals surface area contributed by atoms with Gasteiger partial charge in [0.1, 0.15) is 5.75 Å². The first-order valence-electron chi connectivity index (χ1n) is 5.56. The highest BCUT2D eigenvalue weighted by Gasteiger charge is 2.14. The molecular weight excluding hydrogens is 202 g/mol. The summed E-state index contributed by atoms with van der Waals surface area (Å²) in [7, 11) is 3.38. The van der Waals surface area contributed by atoms with Crippen LogP contribution in [0, 0.1) is 5.92 Å². The van der Waals surface area contributed by atoms with Gasteiger partial charge in [-0.3, -0.25) is 0 Å². The predicted molar refractivity (Wildman–Crippen MR) is 65.6 cm³/mol. The highest BCUT2D eigenvalue weighted by Crippen LogP contribution is 2.27. The molecule has 0 aliphatic rings. The molecule has 1 aromatic rings. The van der Waals surface area contributed by atoms with Gasteiger partial charge in [0, 0.05) is 25.3 Å². The van der Waals surface area contributed by atoms with Crippen molar-refractivity contribution < 1.29 is 9.47 Å². The Labute approximate surface area is 97.6 Å². The van der Waals surface area contributed by atoms with Crippen molar-refractivity contribution in [1.29, 1.82) is 0 Å². The first-order valence-corrected chi connectivity index (χ1v) is 5.56. The number of hydrogen-bond donors (Lipinski definition) is 1. The van der Waals surface area contributed by atoms with Crippen molar-refractivity contribution in [2.75, 3.05) is 20.8 Å². The molecule has 0 aromatic heterocycles. The summed E-state index contributed by atoms with van der Waals surface area (Å²) in [5.74, 6) is 1.31. The molecule has 0 aliphatic heterocycles. The molecule has 1 rings (SSSR count). The molecule has 0 heterocycles. The summed E-state index contributed by atoms with van der Waals surface area (Å²) < 4.78 is 10.4. The zero-order chi connectivity index (χ0) is 12.0. The van der Waals surface area contributed by atoms with Crippen LogP contribution >= 0.6 is 0 Å². The number of rotatable bonds is 6. The number of para-hydroxylation sites is 1. The first kappa shape index (κ1) is 13.0. The van der Waals surface area contributed by atoms with Crippen molar-refractivity contribution in [3.05, 3.63) is 29.8 Å². The van der Waals surface area contributed by atoms with Crippen molar-refractivity contribution in [2.45, 2.75) is 19.4 Å². The maximum absolute atomic E-state index is 6.17. The Morgan fingerprint density at radius 1 is 1.25 bits per heavy atom. The third-order valence-corrected chi connectivity index (χ3v) is 2.65. The Balaban J connectivity index is 2.68. The second kappa shape index (κ2) is 6.51. The lowest BCUT2D eigenvalue weighted by molar-refractivity contribution is 0.152. The van der Waals surface area contributed by atoms with Crippen LogP contribution in [0.15, 0.2) is 24.3 Å². The lowest BCUT2D eigenvalue weighted by Gasteiger charge is -2.19. The van der Waals surface area contributed by atoms with Crippen LogP contribution in [0.2, 0.25) is 0 Å². The van der Waals surface area contributed by atoms with E-state index in [4.69, 9.17) is 15.2 Å². The molecule has 3 nitrogen and oxygen atoms in total. The van der Waals surface area contributed by atoms with Gasteiger partial charge in [0.2, 0.25) is 0 Å². The van der Waals surface area contributed by atoms with E-state index in [0.717, 1.165) is 24.3 Å². The molecule has 2 atom stereocenters. The van der Waals surface area contributed by atoms with Crippen molar-refractivity contribution in [3.63, 3.8) is 0 Å². The molecule has 0 radical (unpaired) electrons. The van der Waals surface area contributed by atoms with Crippen LogP contribution in [-0.4, -0.2) is 20.8 Å². The average molecular weight is 223 g/mol. The fraction of sp³-hybridized carbons (Fsp3) is 0.538. The third-order valence-electron chi connectivity index (χ3n) is 2.65. The first-order chi connectivity index (χ1) is 7.69. The molecule has 0 fully saturated rings. The van der Waals surface area contributed by atoms with Crippen LogP contribution in [0.5, 0.6) is 5.75 Å². The van der Waals surface area contributed by atoms with Gasteiger partial charge in [-0.1, -0.05) is 25.1 Å². The normalized spacial score (nSPS) is 14.5. The molecule has 0 spiro atoms. The van der Waals surface area contributed by atoms with Crippen LogP contribution < -0.4 is 10.5 Å². The maximum Gasteiger partial charge on any atom is 0.123 e. The molecular formula is C13H21NO2. The third kappa shape index (κ3) is 3.51. The second-order valence-corrected chi connectivity index (χ2v) is 4.14. The van der Waals surface area contributed by atoms with Crippen LogP contribution in [-0.2, 0) is 4.74 Å². The van der Waals surface area contributed by atoms with Crippen LogP contribution in [0.4, 0.5) is 0 Å². The molecule has 90 valence electrons. The standard InChI is InChI=1S/C13H21NO2/c1-10(9-15-2)8-12(14)11-6-4-5-7-13(11)16-3/h4-7,10,12H,8-9,14H2,1-3H3. The highest BCUT2D eigenvalue weighted by atomic mass is 16.5. The van der Waals surface area contributed by atoms with Crippen LogP contribution in [0.3, 0.4) is 0 Å². The minimum Gasteiger partial charge on any atom is -0.496 e. The summed E-state index contributed by atoms with van der Waals surface area (Å²) in [6, 6.07) is 7.90. The Kier molecular flexibility index (Phi) is 5.29. The summed E-state index contributed by atoms with van der Waals surface area (Å²) in [4.78, 5) is 0. The molecule has 3 heteroatoms. The monoisotopic (exact) mass is 223 g/mol. The van der Waals surface area contributed by atoms with Gasteiger partial charge in [-0.05, 0) is 18.4 Å². The Morgan fingerprint density at radius 2 is 1.94 bits per heavy atom. The van der Waals surface area contributed by atoms with E-state index in [1.54, 1.807) is 14.2 Å². The van der Waals surface area contributed by atoms with Crippen molar-refractivity contribution in [3.8, 4) is 5.75 Å². The number of hydrogen-bond acceptors (Lipinski definition) is 3. The lowest BCUT2D eigenvalue weighted by atomic mass is 9.96. The zero-order valence-corrected chi connectivity index (χ0v) is 10.3. The topological polar surface area (TPSA) is 44.5 Å². The molecule has 1 aromatic carbocycles. The Hall–Kier alpha value is -1.06. The fourth-order valence-electron chi connectivity index (χ4n) is 1.89. The maximum atomic E-state index is 6.17. The Morgan fingerprint density at radius 3 is 2.56 bits per heavy atom. The molecule has 16 heavy (non-hydrogen) atoms. The van der Waals surface area contributed by atoms with Crippen molar-refractivity contribution in [2.24, 2.45) is 11.7 Å². The number of benzene rings is 1. The number of ether oxygens (including phenoxy) is 2. The largest absolute Gasteiger partial charge is 0.496 e. The van der Waals surface area contributed by atoms with Crippen LogP contribution in [0.25, 0.3) is 0 Å². The van der Waals surface area contributed by atoms with E-state index in [-0.39, 0.29) is 6.04 Å². The summed E-state index contributed by atoms with van der Waals surface area (Å²) in [6.45, 7) is 2.88. The SMILES string of the molecule is COCC(C)CC(N)c1ccccc1OC. The van der Waals surface area contributed by atoms with Crippen molar-refractivity contribution >= 4 is 0 Å². The van der Waals surface area contributed by atoms with Gasteiger partial charge in [-0.15, -0.1) is 0 Å². The molecule has 0 amide bonds. The van der Waals surface area contributed by atoms with Gasteiger partial charge < -0.3 is 15.2 Å². The Bertz CT molecular complexity index is 315. The molecule has 0 saturated heterocycles. The van der Waals surface area contributed by atoms with Crippen LogP contribution in [0.1, 0.15) is 24.9 Å². The minimum absolute atomic E-state index is 0.00120. The second-order valence-electron chi connectivity index (χ2n) is 4.14. The summed E-state index contributed by atoms with van der Waals surface area (Å²) >= 11 is 0. The van der Waals surface area contributed by atoms with E-state index in [1.807, 2.05) is 24.3 Å². The van der Waals surface area contributed by atoms with E-state index in [1.165, 1.54) is 0 Å². The smallest absolute Gasteiger partial charge is 0.123 e. The van der Waals surface area contributed by atoms with Gasteiger partial charge in [-0.2, -0.15) is 0 Å². The summed E-state index contributed by atoms with van der Waals surface area (Å²) in [5, 5.41) is 0. The minimum atomic E-state index is 0.00120. The van der Waals surface area contributed by atoms with Crippen molar-refractivity contribution in [1.82, 2.24) is 0 Å². The number of nitrogens with two attached hydrogens (primary N) is 1. The predicted octanol–water partition coefficient (Wildman–Crippen LogP) is 2.37. The highest BCUT2D eigenvalue weighted by molar-refractivity contribution is 5.35. The van der Waals surface area contributed by atoms with Gasteiger partial charge in [0.05, 0.1) is 7.11 Å². The van der Waals surface area contributed by atoms with Gasteiger partial charge >= 0.3 is 0 Å². The molecule has 2 N–H and O–H groups in total. The summed E-state index contributed by atoms with van der Waals surface area (Å²) in [5.41, 5.74) is 7.23. The molecule has 0 saturated carbocycles. The number of methoxy groups -OCH3 is 2. The van der Waals surface area contributed by atoms with E-state index in [2.05, 4.69) is 6.92 Å². The van der Waals surface area contributed by atoms with E-state index in [9.17, 15) is 0 Å². The molecule has 0 aliphatic carbocycles. The molecule has 0 bridgehead atoms. The lowest BCUT2D eigenvalue weighted by Crippen LogP contribution is -2.17. The zero-order valence-electron chi connectivity index (χ0n) is 10.3.